The van der Waals surface area contributed by atoms with Gasteiger partial charge in [-0.1, -0.05) is 0 Å². The average Bonchev–Trinajstić information content (AvgIpc) is 2.68. The maximum Gasteiger partial charge on any atom is 0.269 e. The van der Waals surface area contributed by atoms with E-state index in [1.54, 1.807) is 32.0 Å². The minimum Gasteiger partial charge on any atom is -0.504 e. The van der Waals surface area contributed by atoms with Gasteiger partial charge < -0.3 is 19.1 Å². The Morgan fingerprint density at radius 3 is 2.83 bits per heavy atom. The molecule has 0 aliphatic carbocycles. The fourth-order valence-corrected chi connectivity index (χ4v) is 2.66. The maximum absolute atomic E-state index is 12.5. The second kappa shape index (κ2) is 10.1. The topological polar surface area (TPSA) is 126 Å². The van der Waals surface area contributed by atoms with Crippen LogP contribution in [0.25, 0.3) is 0 Å². The molecule has 0 aliphatic rings. The van der Waals surface area contributed by atoms with Crippen molar-refractivity contribution in [1.82, 2.24) is 9.99 Å². The molecule has 152 valence electrons. The Kier molecular flexibility index (Phi) is 7.51. The first-order valence-electron chi connectivity index (χ1n) is 8.81. The average molecular weight is 398 g/mol. The van der Waals surface area contributed by atoms with Crippen LogP contribution in [0.3, 0.4) is 0 Å². The zero-order valence-corrected chi connectivity index (χ0v) is 16.4. The lowest BCUT2D eigenvalue weighted by Gasteiger charge is -2.12. The number of aromatic nitrogens is 1. The number of nitrogens with one attached hydrogen (secondary N) is 1. The summed E-state index contributed by atoms with van der Waals surface area (Å²) in [7, 11) is 1.47. The fraction of sp³-hybridized carbons (Fsp3) is 0.300. The molecule has 9 nitrogen and oxygen atoms in total. The van der Waals surface area contributed by atoms with Crippen LogP contribution < -0.4 is 15.7 Å². The van der Waals surface area contributed by atoms with Gasteiger partial charge >= 0.3 is 0 Å². The number of hydrazone groups is 1. The van der Waals surface area contributed by atoms with Crippen LogP contribution in [0.4, 0.5) is 0 Å². The van der Waals surface area contributed by atoms with E-state index in [0.717, 1.165) is 0 Å². The minimum absolute atomic E-state index is 0.00750. The van der Waals surface area contributed by atoms with E-state index in [1.165, 1.54) is 24.0 Å². The van der Waals surface area contributed by atoms with Crippen molar-refractivity contribution >= 4 is 12.1 Å². The number of rotatable bonds is 8. The number of aromatic hydroxyl groups is 1. The normalized spacial score (nSPS) is 10.7. The summed E-state index contributed by atoms with van der Waals surface area (Å²) in [5.74, 6) is -0.211. The lowest BCUT2D eigenvalue weighted by molar-refractivity contribution is -0.121. The Hall–Kier alpha value is -3.64. The highest BCUT2D eigenvalue weighted by Gasteiger charge is 2.14. The molecule has 0 unspecified atom stereocenters. The van der Waals surface area contributed by atoms with Crippen LogP contribution in [-0.2, 0) is 22.7 Å². The Balaban J connectivity index is 2.12. The molecule has 2 aromatic rings. The molecule has 1 heterocycles. The fourth-order valence-electron chi connectivity index (χ4n) is 2.66. The molecular formula is C20H22N4O5. The summed E-state index contributed by atoms with van der Waals surface area (Å²) in [5.41, 5.74) is 3.34. The Morgan fingerprint density at radius 1 is 1.41 bits per heavy atom. The van der Waals surface area contributed by atoms with Gasteiger partial charge in [-0.25, -0.2) is 5.43 Å². The predicted octanol–water partition coefficient (Wildman–Crippen LogP) is 1.43. The van der Waals surface area contributed by atoms with Crippen LogP contribution >= 0.6 is 0 Å². The number of ether oxygens (including phenoxy) is 2. The van der Waals surface area contributed by atoms with Crippen molar-refractivity contribution < 1.29 is 19.4 Å². The highest BCUT2D eigenvalue weighted by molar-refractivity contribution is 5.83. The summed E-state index contributed by atoms with van der Waals surface area (Å²) in [6.07, 6.45) is 1.39. The number of amides is 1. The van der Waals surface area contributed by atoms with Crippen molar-refractivity contribution in [3.05, 3.63) is 57.0 Å². The predicted molar refractivity (Wildman–Crippen MR) is 106 cm³/mol. The van der Waals surface area contributed by atoms with Gasteiger partial charge in [0.05, 0.1) is 19.4 Å². The number of nitrogens with zero attached hydrogens (tertiary/aromatic N) is 3. The molecule has 29 heavy (non-hydrogen) atoms. The number of hydrogen-bond acceptors (Lipinski definition) is 7. The Bertz CT molecular complexity index is 1020. The van der Waals surface area contributed by atoms with Crippen molar-refractivity contribution in [3.8, 4) is 17.6 Å². The summed E-state index contributed by atoms with van der Waals surface area (Å²) < 4.78 is 11.5. The summed E-state index contributed by atoms with van der Waals surface area (Å²) in [5, 5.41) is 22.8. The van der Waals surface area contributed by atoms with Crippen LogP contribution in [0.1, 0.15) is 29.3 Å². The number of benzene rings is 1. The molecular weight excluding hydrogens is 376 g/mol. The smallest absolute Gasteiger partial charge is 0.269 e. The van der Waals surface area contributed by atoms with Crippen LogP contribution in [0.2, 0.25) is 0 Å². The lowest BCUT2D eigenvalue weighted by Crippen LogP contribution is -2.33. The summed E-state index contributed by atoms with van der Waals surface area (Å²) in [6, 6.07) is 8.16. The lowest BCUT2D eigenvalue weighted by atomic mass is 10.1. The van der Waals surface area contributed by atoms with Gasteiger partial charge in [0.15, 0.2) is 11.5 Å². The molecule has 0 saturated heterocycles. The van der Waals surface area contributed by atoms with Crippen molar-refractivity contribution in [1.29, 1.82) is 5.26 Å². The zero-order valence-electron chi connectivity index (χ0n) is 16.4. The van der Waals surface area contributed by atoms with E-state index in [0.29, 0.717) is 29.2 Å². The van der Waals surface area contributed by atoms with Crippen molar-refractivity contribution in [3.63, 3.8) is 0 Å². The number of aryl methyl sites for hydroxylation is 1. The Morgan fingerprint density at radius 2 is 2.17 bits per heavy atom. The Labute approximate surface area is 167 Å². The van der Waals surface area contributed by atoms with Gasteiger partial charge in [0, 0.05) is 18.4 Å². The zero-order chi connectivity index (χ0) is 21.4. The van der Waals surface area contributed by atoms with E-state index in [2.05, 4.69) is 10.5 Å². The van der Waals surface area contributed by atoms with Gasteiger partial charge in [-0.2, -0.15) is 10.4 Å². The van der Waals surface area contributed by atoms with Gasteiger partial charge in [0.1, 0.15) is 18.2 Å². The summed E-state index contributed by atoms with van der Waals surface area (Å²) in [4.78, 5) is 24.7. The van der Waals surface area contributed by atoms with Gasteiger partial charge in [0.25, 0.3) is 11.5 Å². The third-order valence-corrected chi connectivity index (χ3v) is 3.99. The standard InChI is InChI=1S/C20H22N4O5/c1-4-29-18-8-14(5-6-17(18)25)10-22-23-19(26)11-24-13(2)7-15(12-28-3)16(9-21)20(24)27/h5-8,10,25H,4,11-12H2,1-3H3,(H,23,26)/b22-10-. The second-order valence-corrected chi connectivity index (χ2v) is 6.08. The van der Waals surface area contributed by atoms with Crippen molar-refractivity contribution in [2.75, 3.05) is 13.7 Å². The third-order valence-electron chi connectivity index (χ3n) is 3.99. The van der Waals surface area contributed by atoms with E-state index in [9.17, 15) is 20.0 Å². The first-order chi connectivity index (χ1) is 13.9. The molecule has 0 atom stereocenters. The van der Waals surface area contributed by atoms with Crippen LogP contribution in [0, 0.1) is 18.3 Å². The van der Waals surface area contributed by atoms with E-state index in [1.807, 2.05) is 6.07 Å². The van der Waals surface area contributed by atoms with Crippen molar-refractivity contribution in [2.45, 2.75) is 27.0 Å². The van der Waals surface area contributed by atoms with Gasteiger partial charge in [-0.15, -0.1) is 0 Å². The van der Waals surface area contributed by atoms with Gasteiger partial charge in [-0.05, 0) is 43.7 Å². The molecule has 9 heteroatoms. The third kappa shape index (κ3) is 5.43. The number of hydrogen-bond donors (Lipinski definition) is 2. The van der Waals surface area contributed by atoms with Crippen molar-refractivity contribution in [2.24, 2.45) is 5.10 Å². The highest BCUT2D eigenvalue weighted by atomic mass is 16.5. The monoisotopic (exact) mass is 398 g/mol. The van der Waals surface area contributed by atoms with E-state index in [4.69, 9.17) is 9.47 Å². The molecule has 1 amide bonds. The first-order valence-corrected chi connectivity index (χ1v) is 8.81. The SMILES string of the molecule is CCOc1cc(/C=N\NC(=O)Cn2c(C)cc(COC)c(C#N)c2=O)ccc1O. The van der Waals surface area contributed by atoms with E-state index in [-0.39, 0.29) is 24.5 Å². The first kappa shape index (κ1) is 21.7. The van der Waals surface area contributed by atoms with Gasteiger partial charge in [0.2, 0.25) is 0 Å². The quantitative estimate of drug-likeness (QED) is 0.512. The molecule has 0 spiro atoms. The summed E-state index contributed by atoms with van der Waals surface area (Å²) >= 11 is 0. The van der Waals surface area contributed by atoms with Crippen LogP contribution in [0.5, 0.6) is 11.5 Å². The molecule has 1 aromatic carbocycles. The molecule has 0 bridgehead atoms. The highest BCUT2D eigenvalue weighted by Crippen LogP contribution is 2.26. The largest absolute Gasteiger partial charge is 0.504 e. The molecule has 1 aromatic heterocycles. The molecule has 0 radical (unpaired) electrons. The van der Waals surface area contributed by atoms with E-state index < -0.39 is 11.5 Å². The second-order valence-electron chi connectivity index (χ2n) is 6.08. The molecule has 2 rings (SSSR count). The number of phenolic OH excluding ortho intramolecular Hbond substituents is 1. The molecule has 0 saturated carbocycles. The number of pyridine rings is 1. The van der Waals surface area contributed by atoms with Crippen LogP contribution in [0.15, 0.2) is 34.2 Å². The summed E-state index contributed by atoms with van der Waals surface area (Å²) in [6.45, 7) is 3.71. The number of phenols is 1. The molecule has 0 fully saturated rings. The van der Waals surface area contributed by atoms with Gasteiger partial charge in [-0.3, -0.25) is 9.59 Å². The number of nitriles is 1. The molecule has 0 aliphatic heterocycles. The van der Waals surface area contributed by atoms with Crippen LogP contribution in [-0.4, -0.2) is 35.5 Å². The number of carbonyl (C=O) groups excluding carboxylic acids is 1. The maximum atomic E-state index is 12.5. The number of methoxy groups -OCH3 is 1. The molecule has 2 N–H and O–H groups in total. The number of carbonyl (C=O) groups is 1. The van der Waals surface area contributed by atoms with E-state index >= 15 is 0 Å². The minimum atomic E-state index is -0.557.